The van der Waals surface area contributed by atoms with E-state index in [1.165, 1.54) is 0 Å². The summed E-state index contributed by atoms with van der Waals surface area (Å²) in [6.45, 7) is 5.86. The van der Waals surface area contributed by atoms with Crippen LogP contribution in [0.15, 0.2) is 36.4 Å². The number of aryl methyl sites for hydroxylation is 3. The van der Waals surface area contributed by atoms with E-state index in [9.17, 15) is 4.79 Å². The van der Waals surface area contributed by atoms with E-state index >= 15 is 0 Å². The van der Waals surface area contributed by atoms with Gasteiger partial charge in [-0.05, 0) is 56.2 Å². The Labute approximate surface area is 118 Å². The van der Waals surface area contributed by atoms with Gasteiger partial charge in [-0.1, -0.05) is 29.3 Å². The van der Waals surface area contributed by atoms with E-state index in [0.717, 1.165) is 22.4 Å². The van der Waals surface area contributed by atoms with Crippen molar-refractivity contribution in [1.29, 1.82) is 0 Å². The first-order valence-corrected chi connectivity index (χ1v) is 6.50. The molecule has 0 aliphatic rings. The van der Waals surface area contributed by atoms with Crippen molar-refractivity contribution < 1.29 is 4.79 Å². The summed E-state index contributed by atoms with van der Waals surface area (Å²) in [5.74, 6) is -0.103. The fourth-order valence-electron chi connectivity index (χ4n) is 2.00. The van der Waals surface area contributed by atoms with E-state index in [4.69, 9.17) is 11.6 Å². The lowest BCUT2D eigenvalue weighted by molar-refractivity contribution is 0.102. The molecule has 3 heteroatoms. The predicted molar refractivity (Wildman–Crippen MR) is 80.1 cm³/mol. The quantitative estimate of drug-likeness (QED) is 0.856. The molecule has 1 amide bonds. The van der Waals surface area contributed by atoms with Crippen molar-refractivity contribution in [1.82, 2.24) is 0 Å². The smallest absolute Gasteiger partial charge is 0.255 e. The zero-order valence-electron chi connectivity index (χ0n) is 11.3. The minimum absolute atomic E-state index is 0.103. The third-order valence-electron chi connectivity index (χ3n) is 3.05. The Kier molecular flexibility index (Phi) is 3.91. The number of nitrogens with one attached hydrogen (secondary N) is 1. The van der Waals surface area contributed by atoms with Crippen LogP contribution in [0, 0.1) is 20.8 Å². The molecule has 0 aliphatic carbocycles. The first-order chi connectivity index (χ1) is 8.97. The van der Waals surface area contributed by atoms with Gasteiger partial charge in [0, 0.05) is 16.3 Å². The lowest BCUT2D eigenvalue weighted by Gasteiger charge is -2.12. The van der Waals surface area contributed by atoms with Crippen LogP contribution in [0.5, 0.6) is 0 Å². The van der Waals surface area contributed by atoms with Crippen LogP contribution in [-0.2, 0) is 0 Å². The second-order valence-corrected chi connectivity index (χ2v) is 5.17. The molecule has 0 spiro atoms. The van der Waals surface area contributed by atoms with E-state index in [1.807, 2.05) is 57.2 Å². The molecule has 0 radical (unpaired) electrons. The summed E-state index contributed by atoms with van der Waals surface area (Å²) in [5.41, 5.74) is 4.54. The Hall–Kier alpha value is -1.80. The first kappa shape index (κ1) is 13.6. The van der Waals surface area contributed by atoms with Crippen LogP contribution in [0.3, 0.4) is 0 Å². The van der Waals surface area contributed by atoms with Gasteiger partial charge in [0.15, 0.2) is 0 Å². The van der Waals surface area contributed by atoms with Gasteiger partial charge in [0.1, 0.15) is 0 Å². The zero-order chi connectivity index (χ0) is 14.0. The van der Waals surface area contributed by atoms with Gasteiger partial charge in [-0.3, -0.25) is 4.79 Å². The minimum Gasteiger partial charge on any atom is -0.322 e. The summed E-state index contributed by atoms with van der Waals surface area (Å²) < 4.78 is 0. The Balaban J connectivity index is 2.26. The molecular weight excluding hydrogens is 258 g/mol. The van der Waals surface area contributed by atoms with Crippen molar-refractivity contribution in [3.8, 4) is 0 Å². The number of hydrogen-bond acceptors (Lipinski definition) is 1. The molecule has 0 saturated heterocycles. The standard InChI is InChI=1S/C16H16ClNO/c1-10-4-6-13(7-5-10)16(19)18-15-11(2)8-14(17)9-12(15)3/h4-9H,1-3H3,(H,18,19). The molecule has 98 valence electrons. The zero-order valence-corrected chi connectivity index (χ0v) is 12.0. The highest BCUT2D eigenvalue weighted by molar-refractivity contribution is 6.30. The second kappa shape index (κ2) is 5.45. The first-order valence-electron chi connectivity index (χ1n) is 6.12. The average Bonchev–Trinajstić information content (AvgIpc) is 2.34. The summed E-state index contributed by atoms with van der Waals surface area (Å²) >= 11 is 5.98. The Morgan fingerprint density at radius 1 is 1.00 bits per heavy atom. The Morgan fingerprint density at radius 3 is 2.05 bits per heavy atom. The van der Waals surface area contributed by atoms with Gasteiger partial charge < -0.3 is 5.32 Å². The number of halogens is 1. The number of rotatable bonds is 2. The van der Waals surface area contributed by atoms with Crippen molar-refractivity contribution in [3.05, 3.63) is 63.7 Å². The molecule has 2 aromatic rings. The molecule has 0 atom stereocenters. The third kappa shape index (κ3) is 3.15. The van der Waals surface area contributed by atoms with Gasteiger partial charge in [-0.2, -0.15) is 0 Å². The maximum absolute atomic E-state index is 12.2. The second-order valence-electron chi connectivity index (χ2n) is 4.73. The maximum atomic E-state index is 12.2. The molecule has 0 unspecified atom stereocenters. The van der Waals surface area contributed by atoms with Crippen LogP contribution in [0.4, 0.5) is 5.69 Å². The number of anilines is 1. The molecular formula is C16H16ClNO. The number of carbonyl (C=O) groups is 1. The van der Waals surface area contributed by atoms with E-state index in [0.29, 0.717) is 10.6 Å². The number of amides is 1. The fraction of sp³-hybridized carbons (Fsp3) is 0.188. The summed E-state index contributed by atoms with van der Waals surface area (Å²) in [4.78, 5) is 12.2. The predicted octanol–water partition coefficient (Wildman–Crippen LogP) is 4.52. The monoisotopic (exact) mass is 273 g/mol. The summed E-state index contributed by atoms with van der Waals surface area (Å²) in [7, 11) is 0. The van der Waals surface area contributed by atoms with Gasteiger partial charge in [0.2, 0.25) is 0 Å². The summed E-state index contributed by atoms with van der Waals surface area (Å²) in [5, 5.41) is 3.63. The molecule has 0 aliphatic heterocycles. The molecule has 0 saturated carbocycles. The Bertz CT molecular complexity index is 594. The molecule has 1 N–H and O–H groups in total. The molecule has 2 nitrogen and oxygen atoms in total. The van der Waals surface area contributed by atoms with Crippen LogP contribution >= 0.6 is 11.6 Å². The molecule has 0 bridgehead atoms. The maximum Gasteiger partial charge on any atom is 0.255 e. The third-order valence-corrected chi connectivity index (χ3v) is 3.27. The molecule has 0 heterocycles. The normalized spacial score (nSPS) is 10.3. The lowest BCUT2D eigenvalue weighted by atomic mass is 10.1. The Morgan fingerprint density at radius 2 is 1.53 bits per heavy atom. The summed E-state index contributed by atoms with van der Waals surface area (Å²) in [6.07, 6.45) is 0. The van der Waals surface area contributed by atoms with Crippen molar-refractivity contribution in [2.75, 3.05) is 5.32 Å². The van der Waals surface area contributed by atoms with Crippen LogP contribution < -0.4 is 5.32 Å². The van der Waals surface area contributed by atoms with E-state index in [-0.39, 0.29) is 5.91 Å². The SMILES string of the molecule is Cc1ccc(C(=O)Nc2c(C)cc(Cl)cc2C)cc1. The van der Waals surface area contributed by atoms with Crippen molar-refractivity contribution >= 4 is 23.2 Å². The molecule has 2 aromatic carbocycles. The van der Waals surface area contributed by atoms with Gasteiger partial charge in [-0.25, -0.2) is 0 Å². The summed E-state index contributed by atoms with van der Waals surface area (Å²) in [6, 6.07) is 11.2. The van der Waals surface area contributed by atoms with E-state index in [1.54, 1.807) is 0 Å². The fourth-order valence-corrected chi connectivity index (χ4v) is 2.33. The minimum atomic E-state index is -0.103. The lowest BCUT2D eigenvalue weighted by Crippen LogP contribution is -2.13. The number of carbonyl (C=O) groups excluding carboxylic acids is 1. The molecule has 0 fully saturated rings. The highest BCUT2D eigenvalue weighted by Gasteiger charge is 2.10. The molecule has 19 heavy (non-hydrogen) atoms. The van der Waals surface area contributed by atoms with Crippen LogP contribution in [-0.4, -0.2) is 5.91 Å². The van der Waals surface area contributed by atoms with Crippen LogP contribution in [0.1, 0.15) is 27.0 Å². The highest BCUT2D eigenvalue weighted by Crippen LogP contribution is 2.25. The van der Waals surface area contributed by atoms with Crippen molar-refractivity contribution in [2.45, 2.75) is 20.8 Å². The highest BCUT2D eigenvalue weighted by atomic mass is 35.5. The van der Waals surface area contributed by atoms with Gasteiger partial charge in [0.05, 0.1) is 0 Å². The van der Waals surface area contributed by atoms with Crippen LogP contribution in [0.2, 0.25) is 5.02 Å². The average molecular weight is 274 g/mol. The van der Waals surface area contributed by atoms with Gasteiger partial charge >= 0.3 is 0 Å². The largest absolute Gasteiger partial charge is 0.322 e. The topological polar surface area (TPSA) is 29.1 Å². The van der Waals surface area contributed by atoms with Crippen molar-refractivity contribution in [3.63, 3.8) is 0 Å². The van der Waals surface area contributed by atoms with Gasteiger partial charge in [0.25, 0.3) is 5.91 Å². The van der Waals surface area contributed by atoms with Gasteiger partial charge in [-0.15, -0.1) is 0 Å². The van der Waals surface area contributed by atoms with Crippen molar-refractivity contribution in [2.24, 2.45) is 0 Å². The van der Waals surface area contributed by atoms with E-state index < -0.39 is 0 Å². The van der Waals surface area contributed by atoms with E-state index in [2.05, 4.69) is 5.32 Å². The number of hydrogen-bond donors (Lipinski definition) is 1. The number of benzene rings is 2. The van der Waals surface area contributed by atoms with Crippen LogP contribution in [0.25, 0.3) is 0 Å². The molecule has 2 rings (SSSR count). The molecule has 0 aromatic heterocycles.